The van der Waals surface area contributed by atoms with E-state index in [-0.39, 0.29) is 65.8 Å². The van der Waals surface area contributed by atoms with Crippen LogP contribution in [0.15, 0.2) is 65.6 Å². The molecule has 7 rings (SSSR count). The number of esters is 1. The van der Waals surface area contributed by atoms with Gasteiger partial charge in [-0.25, -0.2) is 0 Å². The topological polar surface area (TPSA) is 96.0 Å². The number of rotatable bonds is 4. The fourth-order valence-corrected chi connectivity index (χ4v) is 8.87. The monoisotopic (exact) mass is 592 g/mol. The third-order valence-corrected chi connectivity index (χ3v) is 11.2. The zero-order chi connectivity index (χ0) is 29.6. The molecule has 0 spiro atoms. The molecule has 224 valence electrons. The second kappa shape index (κ2) is 11.6. The van der Waals surface area contributed by atoms with E-state index in [1.165, 1.54) is 12.1 Å². The number of hydrogen-bond donors (Lipinski definition) is 0. The van der Waals surface area contributed by atoms with E-state index in [9.17, 15) is 18.0 Å². The molecule has 2 aromatic rings. The first-order chi connectivity index (χ1) is 20.1. The molecule has 8 heteroatoms. The molecule has 0 radical (unpaired) electrons. The van der Waals surface area contributed by atoms with Crippen molar-refractivity contribution in [3.8, 4) is 5.75 Å². The van der Waals surface area contributed by atoms with Crippen LogP contribution in [0.4, 0.5) is 0 Å². The van der Waals surface area contributed by atoms with Gasteiger partial charge in [0, 0.05) is 24.2 Å². The summed E-state index contributed by atoms with van der Waals surface area (Å²) in [6.45, 7) is 5.95. The van der Waals surface area contributed by atoms with Gasteiger partial charge in [-0.15, -0.1) is 0 Å². The van der Waals surface area contributed by atoms with E-state index in [1.54, 1.807) is 12.1 Å². The molecule has 2 heterocycles. The van der Waals surface area contributed by atoms with E-state index < -0.39 is 22.2 Å². The normalized spacial score (nSPS) is 34.6. The van der Waals surface area contributed by atoms with Crippen molar-refractivity contribution in [1.29, 1.82) is 0 Å². The third-order valence-electron chi connectivity index (χ3n) is 9.93. The van der Waals surface area contributed by atoms with Crippen molar-refractivity contribution >= 4 is 21.9 Å². The molecule has 0 N–H and O–H groups in total. The molecule has 2 saturated carbocycles. The largest absolute Gasteiger partial charge is 0.489 e. The lowest BCUT2D eigenvalue weighted by atomic mass is 9.71. The zero-order valence-corrected chi connectivity index (χ0v) is 25.3. The first-order valence-corrected chi connectivity index (χ1v) is 16.6. The first kappa shape index (κ1) is 29.1. The number of benzene rings is 2. The highest BCUT2D eigenvalue weighted by molar-refractivity contribution is 7.86. The summed E-state index contributed by atoms with van der Waals surface area (Å²) >= 11 is 0. The van der Waals surface area contributed by atoms with Gasteiger partial charge in [-0.2, -0.15) is 8.42 Å². The van der Waals surface area contributed by atoms with Gasteiger partial charge in [-0.3, -0.25) is 13.8 Å². The van der Waals surface area contributed by atoms with Crippen molar-refractivity contribution < 1.29 is 31.7 Å². The lowest BCUT2D eigenvalue weighted by Crippen LogP contribution is -2.43. The molecule has 9 atom stereocenters. The van der Waals surface area contributed by atoms with Gasteiger partial charge in [0.05, 0.1) is 4.90 Å². The van der Waals surface area contributed by atoms with Crippen molar-refractivity contribution in [1.82, 2.24) is 0 Å². The van der Waals surface area contributed by atoms with E-state index in [4.69, 9.17) is 13.7 Å². The molecule has 2 bridgehead atoms. The van der Waals surface area contributed by atoms with Gasteiger partial charge in [0.1, 0.15) is 36.8 Å². The van der Waals surface area contributed by atoms with Crippen molar-refractivity contribution in [2.24, 2.45) is 41.4 Å². The Bertz CT molecular complexity index is 1450. The molecule has 42 heavy (non-hydrogen) atoms. The summed E-state index contributed by atoms with van der Waals surface area (Å²) in [5.41, 5.74) is 1.77. The highest BCUT2D eigenvalue weighted by Crippen LogP contribution is 2.58. The average Bonchev–Trinajstić information content (AvgIpc) is 3.28. The number of aryl methyl sites for hydroxylation is 1. The van der Waals surface area contributed by atoms with Gasteiger partial charge >= 0.3 is 5.97 Å². The van der Waals surface area contributed by atoms with Crippen LogP contribution in [-0.2, 0) is 35.0 Å². The molecule has 0 aromatic heterocycles. The molecule has 0 amide bonds. The van der Waals surface area contributed by atoms with Gasteiger partial charge in [0.15, 0.2) is 0 Å². The molecule has 3 aliphatic carbocycles. The Kier molecular flexibility index (Phi) is 8.05. The van der Waals surface area contributed by atoms with Crippen LogP contribution in [0.5, 0.6) is 5.75 Å². The molecule has 1 unspecified atom stereocenters. The fourth-order valence-electron chi connectivity index (χ4n) is 7.93. The number of hydrogen-bond acceptors (Lipinski definition) is 7. The summed E-state index contributed by atoms with van der Waals surface area (Å²) in [6, 6.07) is 14.0. The Balaban J connectivity index is 1.29. The Labute approximate surface area is 248 Å². The Morgan fingerprint density at radius 2 is 1.64 bits per heavy atom. The minimum Gasteiger partial charge on any atom is -0.489 e. The van der Waals surface area contributed by atoms with Crippen LogP contribution >= 0.6 is 0 Å². The maximum Gasteiger partial charge on any atom is 0.313 e. The molecule has 2 aromatic carbocycles. The van der Waals surface area contributed by atoms with Crippen LogP contribution in [0, 0.1) is 48.3 Å². The standard InChI is InChI=1S/C34H40O7S/c1-20-4-12-26(13-5-20)42(37,38)39-19-25-17-23-8-10-24(11-9-23)41-34-22(3)7-15-28-29-16-21(2)6-14-27(29)32(33(28)34)30(35)18-31(36)40-25/h4-5,7-13,15,21-22,25,27-29,32-34H,6,14,16-19H2,1-3H3/t21-,22+,25?,27-,28+,29-,32-,33-,34+/m1/s1. The lowest BCUT2D eigenvalue weighted by molar-refractivity contribution is -0.153. The number of carbonyl (C=O) groups excluding carboxylic acids is 2. The number of fused-ring (bicyclic) bond motifs is 9. The summed E-state index contributed by atoms with van der Waals surface area (Å²) in [6.07, 6.45) is 6.55. The van der Waals surface area contributed by atoms with E-state index >= 15 is 0 Å². The van der Waals surface area contributed by atoms with E-state index in [2.05, 4.69) is 26.0 Å². The highest BCUT2D eigenvalue weighted by atomic mass is 32.2. The van der Waals surface area contributed by atoms with Crippen LogP contribution < -0.4 is 4.74 Å². The van der Waals surface area contributed by atoms with Gasteiger partial charge in [-0.1, -0.05) is 62.2 Å². The summed E-state index contributed by atoms with van der Waals surface area (Å²) in [4.78, 5) is 27.3. The number of Topliss-reactive ketones (excluding diaryl/α,β-unsaturated/α-hetero) is 1. The SMILES string of the molecule is Cc1ccc(S(=O)(=O)OCC2Cc3ccc(cc3)O[C@@H]3[C@@H]4[C@@H](C=C[C@@H]3C)[C@@H]3C[C@H](C)CC[C@H]3[C@@H]4C(=O)CC(=O)O2)cc1. The predicted octanol–water partition coefficient (Wildman–Crippen LogP) is 5.70. The molecule has 2 aliphatic heterocycles. The van der Waals surface area contributed by atoms with Gasteiger partial charge in [-0.05, 0) is 73.3 Å². The Hall–Kier alpha value is -2.97. The van der Waals surface area contributed by atoms with Gasteiger partial charge in [0.25, 0.3) is 10.1 Å². The molecule has 5 aliphatic rings. The second-order valence-corrected chi connectivity index (χ2v) is 14.5. The summed E-state index contributed by atoms with van der Waals surface area (Å²) in [5.74, 6) is 1.31. The third kappa shape index (κ3) is 5.80. The predicted molar refractivity (Wildman–Crippen MR) is 157 cm³/mol. The summed E-state index contributed by atoms with van der Waals surface area (Å²) in [7, 11) is -4.06. The minimum atomic E-state index is -4.06. The Morgan fingerprint density at radius 3 is 2.38 bits per heavy atom. The van der Waals surface area contributed by atoms with Crippen LogP contribution in [0.3, 0.4) is 0 Å². The quantitative estimate of drug-likeness (QED) is 0.195. The fraction of sp³-hybridized carbons (Fsp3) is 0.529. The highest BCUT2D eigenvalue weighted by Gasteiger charge is 2.58. The first-order valence-electron chi connectivity index (χ1n) is 15.2. The Morgan fingerprint density at radius 1 is 0.905 bits per heavy atom. The van der Waals surface area contributed by atoms with Crippen LogP contribution in [-0.4, -0.2) is 39.0 Å². The van der Waals surface area contributed by atoms with Crippen LogP contribution in [0.25, 0.3) is 0 Å². The summed E-state index contributed by atoms with van der Waals surface area (Å²) in [5, 5.41) is 0. The second-order valence-electron chi connectivity index (χ2n) is 12.9. The van der Waals surface area contributed by atoms with E-state index in [1.807, 2.05) is 31.2 Å². The number of carbonyl (C=O) groups is 2. The smallest absolute Gasteiger partial charge is 0.313 e. The number of ketones is 1. The van der Waals surface area contributed by atoms with Crippen molar-refractivity contribution in [2.75, 3.05) is 6.61 Å². The number of allylic oxidation sites excluding steroid dienone is 1. The van der Waals surface area contributed by atoms with Crippen molar-refractivity contribution in [3.63, 3.8) is 0 Å². The van der Waals surface area contributed by atoms with Gasteiger partial charge < -0.3 is 9.47 Å². The molecule has 0 saturated heterocycles. The van der Waals surface area contributed by atoms with Crippen LogP contribution in [0.1, 0.15) is 50.7 Å². The van der Waals surface area contributed by atoms with Gasteiger partial charge in [0.2, 0.25) is 0 Å². The van der Waals surface area contributed by atoms with E-state index in [0.29, 0.717) is 11.8 Å². The van der Waals surface area contributed by atoms with Crippen molar-refractivity contribution in [3.05, 3.63) is 71.8 Å². The van der Waals surface area contributed by atoms with Crippen molar-refractivity contribution in [2.45, 2.75) is 70.0 Å². The molecular weight excluding hydrogens is 552 g/mol. The zero-order valence-electron chi connectivity index (χ0n) is 24.5. The summed E-state index contributed by atoms with van der Waals surface area (Å²) < 4.78 is 43.6. The number of ether oxygens (including phenoxy) is 2. The minimum absolute atomic E-state index is 0.00741. The maximum absolute atomic E-state index is 14.0. The molecule has 7 nitrogen and oxygen atoms in total. The van der Waals surface area contributed by atoms with E-state index in [0.717, 1.165) is 36.1 Å². The molecular formula is C34H40O7S. The maximum atomic E-state index is 14.0. The molecule has 2 fully saturated rings. The average molecular weight is 593 g/mol. The lowest BCUT2D eigenvalue weighted by Gasteiger charge is -2.38. The van der Waals surface area contributed by atoms with Crippen LogP contribution in [0.2, 0.25) is 0 Å².